The van der Waals surface area contributed by atoms with E-state index in [1.807, 2.05) is 12.1 Å². The third-order valence-corrected chi connectivity index (χ3v) is 9.86. The number of hydrogen-bond acceptors (Lipinski definition) is 4. The van der Waals surface area contributed by atoms with E-state index in [0.717, 1.165) is 56.1 Å². The smallest absolute Gasteiger partial charge is 0.139 e. The average Bonchev–Trinajstić information content (AvgIpc) is 3.31. The summed E-state index contributed by atoms with van der Waals surface area (Å²) < 4.78 is 5.40. The summed E-state index contributed by atoms with van der Waals surface area (Å²) in [7, 11) is 0. The van der Waals surface area contributed by atoms with Crippen LogP contribution in [0.4, 0.5) is 0 Å². The molecule has 5 rings (SSSR count). The van der Waals surface area contributed by atoms with Crippen LogP contribution < -0.4 is 5.32 Å². The summed E-state index contributed by atoms with van der Waals surface area (Å²) in [5.41, 5.74) is -0.297. The van der Waals surface area contributed by atoms with Gasteiger partial charge in [0.2, 0.25) is 0 Å². The van der Waals surface area contributed by atoms with E-state index in [1.54, 1.807) is 6.26 Å². The lowest BCUT2D eigenvalue weighted by Gasteiger charge is -2.61. The minimum Gasteiger partial charge on any atom is -0.468 e. The molecule has 0 aromatic carbocycles. The van der Waals surface area contributed by atoms with Crippen LogP contribution in [0.2, 0.25) is 0 Å². The Morgan fingerprint density at radius 3 is 2.79 bits per heavy atom. The first-order valence-corrected chi connectivity index (χ1v) is 11.8. The Morgan fingerprint density at radius 1 is 1.14 bits per heavy atom. The molecular weight excluding hydrogens is 362 g/mol. The Bertz CT molecular complexity index is 760. The van der Waals surface area contributed by atoms with Crippen molar-refractivity contribution in [3.8, 4) is 0 Å². The molecule has 0 saturated heterocycles. The predicted molar refractivity (Wildman–Crippen MR) is 112 cm³/mol. The number of furan rings is 1. The van der Waals surface area contributed by atoms with Gasteiger partial charge in [-0.1, -0.05) is 13.8 Å². The highest BCUT2D eigenvalue weighted by molar-refractivity contribution is 5.87. The zero-order chi connectivity index (χ0) is 20.3. The van der Waals surface area contributed by atoms with Crippen molar-refractivity contribution in [1.82, 2.24) is 5.32 Å². The molecule has 1 heterocycles. The molecule has 2 N–H and O–H groups in total. The molecule has 0 unspecified atom stereocenters. The molecular formula is C25H37NO3. The van der Waals surface area contributed by atoms with Crippen molar-refractivity contribution in [2.24, 2.45) is 34.5 Å². The number of carbonyl (C=O) groups is 1. The van der Waals surface area contributed by atoms with Crippen molar-refractivity contribution in [2.75, 3.05) is 6.54 Å². The molecule has 0 radical (unpaired) electrons. The Hall–Kier alpha value is -1.13. The number of hydrogen-bond donors (Lipinski definition) is 2. The predicted octanol–water partition coefficient (Wildman–Crippen LogP) is 4.71. The van der Waals surface area contributed by atoms with Crippen LogP contribution in [-0.4, -0.2) is 23.0 Å². The SMILES string of the molecule is C[C@]12CC[C@](O)(CNCc3ccco3)C[C@@H]1CC[C@@H]1[C@@H]2CC[C@]2(C)C(=O)CC[C@@H]12. The van der Waals surface area contributed by atoms with Crippen LogP contribution in [0.1, 0.15) is 77.4 Å². The zero-order valence-electron chi connectivity index (χ0n) is 18.1. The molecule has 0 amide bonds. The number of Topliss-reactive ketones (excluding diaryl/α,β-unsaturated/α-hetero) is 1. The molecule has 0 bridgehead atoms. The third kappa shape index (κ3) is 3.13. The summed E-state index contributed by atoms with van der Waals surface area (Å²) in [5.74, 6) is 4.15. The van der Waals surface area contributed by atoms with E-state index in [9.17, 15) is 9.90 Å². The fourth-order valence-corrected chi connectivity index (χ4v) is 8.09. The molecule has 4 heteroatoms. The molecule has 0 aliphatic heterocycles. The lowest BCUT2D eigenvalue weighted by Crippen LogP contribution is -2.57. The molecule has 4 fully saturated rings. The van der Waals surface area contributed by atoms with E-state index in [2.05, 4.69) is 19.2 Å². The van der Waals surface area contributed by atoms with Gasteiger partial charge in [0.15, 0.2) is 0 Å². The summed E-state index contributed by atoms with van der Waals surface area (Å²) in [4.78, 5) is 12.6. The Balaban J connectivity index is 1.26. The largest absolute Gasteiger partial charge is 0.468 e. The van der Waals surface area contributed by atoms with Crippen molar-refractivity contribution in [3.63, 3.8) is 0 Å². The van der Waals surface area contributed by atoms with E-state index < -0.39 is 5.60 Å². The van der Waals surface area contributed by atoms with Crippen molar-refractivity contribution in [3.05, 3.63) is 24.2 Å². The third-order valence-electron chi connectivity index (χ3n) is 9.86. The Morgan fingerprint density at radius 2 is 2.00 bits per heavy atom. The quantitative estimate of drug-likeness (QED) is 0.769. The van der Waals surface area contributed by atoms with Crippen molar-refractivity contribution >= 4 is 5.78 Å². The summed E-state index contributed by atoms with van der Waals surface area (Å²) in [5, 5.41) is 14.8. The molecule has 1 aromatic heterocycles. The molecule has 1 aromatic rings. The first-order chi connectivity index (χ1) is 13.8. The minimum atomic E-state index is -0.601. The summed E-state index contributed by atoms with van der Waals surface area (Å²) in [6.07, 6.45) is 11.3. The highest BCUT2D eigenvalue weighted by Crippen LogP contribution is 2.66. The van der Waals surface area contributed by atoms with Gasteiger partial charge in [-0.2, -0.15) is 0 Å². The molecule has 4 aliphatic rings. The van der Waals surface area contributed by atoms with Crippen LogP contribution in [0.3, 0.4) is 0 Å². The van der Waals surface area contributed by atoms with Gasteiger partial charge in [0.05, 0.1) is 18.4 Å². The number of rotatable bonds is 4. The second kappa shape index (κ2) is 6.95. The van der Waals surface area contributed by atoms with Crippen LogP contribution in [-0.2, 0) is 11.3 Å². The summed E-state index contributed by atoms with van der Waals surface area (Å²) >= 11 is 0. The van der Waals surface area contributed by atoms with Gasteiger partial charge in [0.25, 0.3) is 0 Å². The van der Waals surface area contributed by atoms with E-state index in [4.69, 9.17) is 4.42 Å². The lowest BCUT2D eigenvalue weighted by molar-refractivity contribution is -0.153. The normalized spacial score (nSPS) is 46.8. The molecule has 29 heavy (non-hydrogen) atoms. The summed E-state index contributed by atoms with van der Waals surface area (Å²) in [6, 6.07) is 3.88. The van der Waals surface area contributed by atoms with E-state index >= 15 is 0 Å². The van der Waals surface area contributed by atoms with Gasteiger partial charge in [-0.3, -0.25) is 4.79 Å². The maximum Gasteiger partial charge on any atom is 0.139 e. The maximum atomic E-state index is 12.6. The van der Waals surface area contributed by atoms with Gasteiger partial charge < -0.3 is 14.8 Å². The highest BCUT2D eigenvalue weighted by Gasteiger charge is 2.61. The van der Waals surface area contributed by atoms with E-state index in [0.29, 0.717) is 36.1 Å². The van der Waals surface area contributed by atoms with Gasteiger partial charge in [0.1, 0.15) is 11.5 Å². The van der Waals surface area contributed by atoms with E-state index in [1.165, 1.54) is 19.3 Å². The van der Waals surface area contributed by atoms with Gasteiger partial charge in [-0.15, -0.1) is 0 Å². The fraction of sp³-hybridized carbons (Fsp3) is 0.800. The molecule has 0 spiro atoms. The van der Waals surface area contributed by atoms with Gasteiger partial charge in [0, 0.05) is 18.4 Å². The highest BCUT2D eigenvalue weighted by atomic mass is 16.3. The number of carbonyl (C=O) groups excluding carboxylic acids is 1. The van der Waals surface area contributed by atoms with E-state index in [-0.39, 0.29) is 5.41 Å². The van der Waals surface area contributed by atoms with Crippen molar-refractivity contribution < 1.29 is 14.3 Å². The first-order valence-electron chi connectivity index (χ1n) is 11.8. The monoisotopic (exact) mass is 399 g/mol. The second-order valence-corrected chi connectivity index (χ2v) is 11.2. The fourth-order valence-electron chi connectivity index (χ4n) is 8.09. The number of ketones is 1. The molecule has 160 valence electrons. The van der Waals surface area contributed by atoms with Crippen LogP contribution >= 0.6 is 0 Å². The molecule has 4 saturated carbocycles. The maximum absolute atomic E-state index is 12.6. The molecule has 4 aliphatic carbocycles. The van der Waals surface area contributed by atoms with Gasteiger partial charge in [-0.25, -0.2) is 0 Å². The first kappa shape index (κ1) is 19.8. The number of nitrogens with one attached hydrogen (secondary N) is 1. The van der Waals surface area contributed by atoms with Crippen LogP contribution in [0.25, 0.3) is 0 Å². The standard InChI is InChI=1S/C25H37NO3/c1-23-11-12-25(28,16-26-15-18-4-3-13-29-18)14-17(23)5-6-19-20-7-8-22(27)24(20,2)10-9-21(19)23/h3-4,13,17,19-21,26,28H,5-12,14-16H2,1-2H3/t17-,19-,20-,21-,23-,24-,25+/m0/s1. The second-order valence-electron chi connectivity index (χ2n) is 11.2. The average molecular weight is 400 g/mol. The minimum absolute atomic E-state index is 0.0322. The van der Waals surface area contributed by atoms with Crippen molar-refractivity contribution in [1.29, 1.82) is 0 Å². The van der Waals surface area contributed by atoms with Crippen molar-refractivity contribution in [2.45, 2.75) is 83.8 Å². The van der Waals surface area contributed by atoms with Crippen LogP contribution in [0.5, 0.6) is 0 Å². The zero-order valence-corrected chi connectivity index (χ0v) is 18.1. The molecule has 7 atom stereocenters. The summed E-state index contributed by atoms with van der Waals surface area (Å²) in [6.45, 7) is 6.10. The van der Waals surface area contributed by atoms with Crippen LogP contribution in [0.15, 0.2) is 22.8 Å². The van der Waals surface area contributed by atoms with Gasteiger partial charge in [-0.05, 0) is 92.6 Å². The van der Waals surface area contributed by atoms with Gasteiger partial charge >= 0.3 is 0 Å². The van der Waals surface area contributed by atoms with Crippen LogP contribution in [0, 0.1) is 34.5 Å². The molecule has 4 nitrogen and oxygen atoms in total. The number of fused-ring (bicyclic) bond motifs is 5. The Kier molecular flexibility index (Phi) is 4.75. The number of aliphatic hydroxyl groups is 1. The Labute approximate surface area is 174 Å². The lowest BCUT2D eigenvalue weighted by atomic mass is 9.44. The topological polar surface area (TPSA) is 62.5 Å².